The Balaban J connectivity index is 1.65. The minimum atomic E-state index is 0.227. The Labute approximate surface area is 121 Å². The second-order valence-corrected chi connectivity index (χ2v) is 6.23. The summed E-state index contributed by atoms with van der Waals surface area (Å²) in [6.07, 6.45) is 10.5. The summed E-state index contributed by atoms with van der Waals surface area (Å²) in [5, 5.41) is 0. The topological polar surface area (TPSA) is 47.3 Å². The van der Waals surface area contributed by atoms with Crippen LogP contribution in [0, 0.1) is 5.92 Å². The van der Waals surface area contributed by atoms with E-state index in [4.69, 9.17) is 10.6 Å². The number of hydrogen-bond donors (Lipinski definition) is 2. The van der Waals surface area contributed by atoms with Gasteiger partial charge in [0.2, 0.25) is 0 Å². The van der Waals surface area contributed by atoms with Gasteiger partial charge in [0, 0.05) is 18.0 Å². The Hall–Kier alpha value is -1.06. The molecule has 3 nitrogen and oxygen atoms in total. The number of nitrogens with two attached hydrogens (primary N) is 1. The molecular formula is C17H26N2O. The summed E-state index contributed by atoms with van der Waals surface area (Å²) < 4.78 is 5.81. The smallest absolute Gasteiger partial charge is 0.127 e. The molecule has 0 amide bonds. The van der Waals surface area contributed by atoms with Crippen molar-refractivity contribution in [1.29, 1.82) is 0 Å². The van der Waals surface area contributed by atoms with Crippen LogP contribution in [0.2, 0.25) is 0 Å². The molecule has 2 aliphatic rings. The first-order chi connectivity index (χ1) is 9.88. The molecule has 1 atom stereocenters. The predicted octanol–water partition coefficient (Wildman–Crippen LogP) is 3.49. The zero-order valence-electron chi connectivity index (χ0n) is 12.2. The van der Waals surface area contributed by atoms with E-state index in [0.717, 1.165) is 31.1 Å². The molecule has 1 heterocycles. The lowest BCUT2D eigenvalue weighted by atomic mass is 9.84. The third-order valence-electron chi connectivity index (χ3n) is 4.91. The average Bonchev–Trinajstić information content (AvgIpc) is 2.98. The zero-order valence-corrected chi connectivity index (χ0v) is 12.2. The molecule has 1 aliphatic heterocycles. The Morgan fingerprint density at radius 3 is 2.90 bits per heavy atom. The zero-order chi connectivity index (χ0) is 13.8. The molecule has 1 unspecified atom stereocenters. The number of hydrazine groups is 1. The number of benzene rings is 1. The summed E-state index contributed by atoms with van der Waals surface area (Å²) in [6, 6.07) is 6.69. The second-order valence-electron chi connectivity index (χ2n) is 6.23. The van der Waals surface area contributed by atoms with E-state index >= 15 is 0 Å². The first-order valence-corrected chi connectivity index (χ1v) is 8.09. The van der Waals surface area contributed by atoms with Crippen LogP contribution < -0.4 is 16.0 Å². The number of nitrogens with one attached hydrogen (secondary N) is 1. The van der Waals surface area contributed by atoms with Gasteiger partial charge in [-0.1, -0.05) is 50.3 Å². The van der Waals surface area contributed by atoms with E-state index in [1.54, 1.807) is 0 Å². The Bertz CT molecular complexity index is 441. The van der Waals surface area contributed by atoms with Gasteiger partial charge in [-0.2, -0.15) is 0 Å². The van der Waals surface area contributed by atoms with Crippen molar-refractivity contribution in [2.75, 3.05) is 6.61 Å². The number of fused-ring (bicyclic) bond motifs is 1. The second kappa shape index (κ2) is 6.59. The minimum absolute atomic E-state index is 0.227. The maximum Gasteiger partial charge on any atom is 0.127 e. The van der Waals surface area contributed by atoms with Crippen molar-refractivity contribution in [3.63, 3.8) is 0 Å². The SMILES string of the molecule is NNC(CCC1CCCCC1)c1cccc2c1OCC2. The van der Waals surface area contributed by atoms with Gasteiger partial charge in [0.25, 0.3) is 0 Å². The van der Waals surface area contributed by atoms with E-state index < -0.39 is 0 Å². The fraction of sp³-hybridized carbons (Fsp3) is 0.647. The van der Waals surface area contributed by atoms with Crippen molar-refractivity contribution >= 4 is 0 Å². The van der Waals surface area contributed by atoms with Crippen LogP contribution in [0.15, 0.2) is 18.2 Å². The van der Waals surface area contributed by atoms with Gasteiger partial charge in [0.05, 0.1) is 6.61 Å². The monoisotopic (exact) mass is 274 g/mol. The van der Waals surface area contributed by atoms with Crippen LogP contribution in [-0.2, 0) is 6.42 Å². The van der Waals surface area contributed by atoms with Gasteiger partial charge in [-0.3, -0.25) is 11.3 Å². The summed E-state index contributed by atoms with van der Waals surface area (Å²) in [4.78, 5) is 0. The molecule has 1 saturated carbocycles. The highest BCUT2D eigenvalue weighted by Gasteiger charge is 2.22. The highest BCUT2D eigenvalue weighted by Crippen LogP contribution is 2.36. The summed E-state index contributed by atoms with van der Waals surface area (Å²) in [5.41, 5.74) is 5.59. The molecule has 1 aromatic carbocycles. The van der Waals surface area contributed by atoms with Crippen molar-refractivity contribution in [3.8, 4) is 5.75 Å². The molecule has 0 bridgehead atoms. The van der Waals surface area contributed by atoms with Crippen molar-refractivity contribution in [3.05, 3.63) is 29.3 Å². The number of ether oxygens (including phenoxy) is 1. The summed E-state index contributed by atoms with van der Waals surface area (Å²) in [7, 11) is 0. The van der Waals surface area contributed by atoms with Gasteiger partial charge in [0.1, 0.15) is 5.75 Å². The number of hydrogen-bond acceptors (Lipinski definition) is 3. The van der Waals surface area contributed by atoms with Crippen LogP contribution in [0.5, 0.6) is 5.75 Å². The predicted molar refractivity (Wildman–Crippen MR) is 81.5 cm³/mol. The van der Waals surface area contributed by atoms with Crippen molar-refractivity contribution in [2.45, 2.75) is 57.4 Å². The Kier molecular flexibility index (Phi) is 4.58. The lowest BCUT2D eigenvalue weighted by Gasteiger charge is -2.25. The fourth-order valence-electron chi connectivity index (χ4n) is 3.72. The van der Waals surface area contributed by atoms with Gasteiger partial charge in [0.15, 0.2) is 0 Å². The van der Waals surface area contributed by atoms with Crippen molar-refractivity contribution in [2.24, 2.45) is 11.8 Å². The van der Waals surface area contributed by atoms with E-state index in [0.29, 0.717) is 0 Å². The molecule has 20 heavy (non-hydrogen) atoms. The molecule has 0 spiro atoms. The highest BCUT2D eigenvalue weighted by molar-refractivity contribution is 5.45. The van der Waals surface area contributed by atoms with Gasteiger partial charge < -0.3 is 4.74 Å². The summed E-state index contributed by atoms with van der Waals surface area (Å²) in [5.74, 6) is 7.79. The highest BCUT2D eigenvalue weighted by atomic mass is 16.5. The molecule has 3 rings (SSSR count). The molecular weight excluding hydrogens is 248 g/mol. The van der Waals surface area contributed by atoms with Gasteiger partial charge in [-0.05, 0) is 24.3 Å². The van der Waals surface area contributed by atoms with Crippen LogP contribution in [0.3, 0.4) is 0 Å². The standard InChI is InChI=1S/C17H26N2O/c18-19-16(10-9-13-5-2-1-3-6-13)15-8-4-7-14-11-12-20-17(14)15/h4,7-8,13,16,19H,1-3,5-6,9-12,18H2. The van der Waals surface area contributed by atoms with E-state index in [1.165, 1.54) is 49.7 Å². The van der Waals surface area contributed by atoms with E-state index in [1.807, 2.05) is 0 Å². The molecule has 0 radical (unpaired) electrons. The van der Waals surface area contributed by atoms with Gasteiger partial charge >= 0.3 is 0 Å². The molecule has 110 valence electrons. The van der Waals surface area contributed by atoms with Crippen LogP contribution in [0.25, 0.3) is 0 Å². The van der Waals surface area contributed by atoms with Crippen LogP contribution in [0.4, 0.5) is 0 Å². The summed E-state index contributed by atoms with van der Waals surface area (Å²) in [6.45, 7) is 0.812. The average molecular weight is 274 g/mol. The third kappa shape index (κ3) is 2.99. The first-order valence-electron chi connectivity index (χ1n) is 8.09. The lowest BCUT2D eigenvalue weighted by molar-refractivity contribution is 0.309. The van der Waals surface area contributed by atoms with Crippen LogP contribution in [0.1, 0.15) is 62.1 Å². The normalized spacial score (nSPS) is 20.4. The van der Waals surface area contributed by atoms with Crippen LogP contribution >= 0.6 is 0 Å². The fourth-order valence-corrected chi connectivity index (χ4v) is 3.72. The maximum absolute atomic E-state index is 5.81. The van der Waals surface area contributed by atoms with E-state index in [2.05, 4.69) is 23.6 Å². The quantitative estimate of drug-likeness (QED) is 0.638. The molecule has 1 aromatic rings. The first kappa shape index (κ1) is 13.9. The molecule has 0 aromatic heterocycles. The largest absolute Gasteiger partial charge is 0.493 e. The number of rotatable bonds is 5. The third-order valence-corrected chi connectivity index (χ3v) is 4.91. The Morgan fingerprint density at radius 2 is 2.10 bits per heavy atom. The van der Waals surface area contributed by atoms with Crippen LogP contribution in [-0.4, -0.2) is 6.61 Å². The van der Waals surface area contributed by atoms with E-state index in [-0.39, 0.29) is 6.04 Å². The number of para-hydroxylation sites is 1. The van der Waals surface area contributed by atoms with E-state index in [9.17, 15) is 0 Å². The van der Waals surface area contributed by atoms with Gasteiger partial charge in [-0.25, -0.2) is 0 Å². The lowest BCUT2D eigenvalue weighted by Crippen LogP contribution is -2.29. The molecule has 0 saturated heterocycles. The molecule has 1 fully saturated rings. The summed E-state index contributed by atoms with van der Waals surface area (Å²) >= 11 is 0. The molecule has 1 aliphatic carbocycles. The molecule has 3 heteroatoms. The molecule has 3 N–H and O–H groups in total. The maximum atomic E-state index is 5.81. The van der Waals surface area contributed by atoms with Crippen molar-refractivity contribution < 1.29 is 4.74 Å². The minimum Gasteiger partial charge on any atom is -0.493 e. The van der Waals surface area contributed by atoms with Gasteiger partial charge in [-0.15, -0.1) is 0 Å². The Morgan fingerprint density at radius 1 is 1.25 bits per heavy atom. The van der Waals surface area contributed by atoms with Crippen molar-refractivity contribution in [1.82, 2.24) is 5.43 Å².